The molecule has 1 aliphatic carbocycles. The Morgan fingerprint density at radius 2 is 2.28 bits per heavy atom. The van der Waals surface area contributed by atoms with Gasteiger partial charge in [-0.25, -0.2) is 4.39 Å². The van der Waals surface area contributed by atoms with Crippen molar-refractivity contribution >= 4 is 21.8 Å². The van der Waals surface area contributed by atoms with Gasteiger partial charge in [0.2, 0.25) is 5.91 Å². The number of carbonyl (C=O) groups excluding carboxylic acids is 1. The summed E-state index contributed by atoms with van der Waals surface area (Å²) in [6.45, 7) is 0.169. The van der Waals surface area contributed by atoms with Gasteiger partial charge < -0.3 is 11.1 Å². The van der Waals surface area contributed by atoms with Crippen molar-refractivity contribution in [2.75, 3.05) is 0 Å². The molecule has 1 amide bonds. The van der Waals surface area contributed by atoms with Crippen LogP contribution in [0.15, 0.2) is 22.7 Å². The Morgan fingerprint density at radius 3 is 2.94 bits per heavy atom. The van der Waals surface area contributed by atoms with E-state index >= 15 is 0 Å². The first kappa shape index (κ1) is 13.5. The quantitative estimate of drug-likeness (QED) is 0.876. The van der Waals surface area contributed by atoms with E-state index in [0.717, 1.165) is 10.9 Å². The van der Waals surface area contributed by atoms with Gasteiger partial charge in [0.05, 0.1) is 6.04 Å². The second-order valence-corrected chi connectivity index (χ2v) is 5.65. The van der Waals surface area contributed by atoms with Crippen molar-refractivity contribution in [2.24, 2.45) is 11.7 Å². The molecule has 0 aromatic heterocycles. The maximum Gasteiger partial charge on any atom is 0.237 e. The van der Waals surface area contributed by atoms with Crippen molar-refractivity contribution in [1.29, 1.82) is 0 Å². The molecule has 0 spiro atoms. The van der Waals surface area contributed by atoms with E-state index < -0.39 is 6.04 Å². The summed E-state index contributed by atoms with van der Waals surface area (Å²) in [5.74, 6) is 0.0731. The number of nitrogens with one attached hydrogen (secondary N) is 1. The van der Waals surface area contributed by atoms with Gasteiger partial charge in [0, 0.05) is 16.6 Å². The molecule has 0 saturated heterocycles. The standard InChI is InChI=1S/C13H16BrFN2O/c14-10-3-4-11(15)9(6-10)7-17-13(18)12(16)5-8-1-2-8/h3-4,6,8,12H,1-2,5,7,16H2,(H,17,18)/t12-/m0/s1. The molecule has 0 bridgehead atoms. The lowest BCUT2D eigenvalue weighted by Gasteiger charge is -2.12. The summed E-state index contributed by atoms with van der Waals surface area (Å²) in [5, 5.41) is 2.68. The number of hydrogen-bond acceptors (Lipinski definition) is 2. The fourth-order valence-corrected chi connectivity index (χ4v) is 2.22. The van der Waals surface area contributed by atoms with Crippen molar-refractivity contribution in [3.05, 3.63) is 34.1 Å². The van der Waals surface area contributed by atoms with Crippen molar-refractivity contribution in [2.45, 2.75) is 31.8 Å². The van der Waals surface area contributed by atoms with Crippen LogP contribution in [0.3, 0.4) is 0 Å². The number of benzene rings is 1. The Morgan fingerprint density at radius 1 is 1.56 bits per heavy atom. The van der Waals surface area contributed by atoms with Crippen LogP contribution in [0.2, 0.25) is 0 Å². The minimum atomic E-state index is -0.479. The summed E-state index contributed by atoms with van der Waals surface area (Å²) >= 11 is 3.27. The Labute approximate surface area is 114 Å². The third-order valence-electron chi connectivity index (χ3n) is 3.08. The summed E-state index contributed by atoms with van der Waals surface area (Å²) in [5.41, 5.74) is 6.23. The summed E-state index contributed by atoms with van der Waals surface area (Å²) in [7, 11) is 0. The van der Waals surface area contributed by atoms with Gasteiger partial charge in [-0.3, -0.25) is 4.79 Å². The number of carbonyl (C=O) groups is 1. The van der Waals surface area contributed by atoms with E-state index in [4.69, 9.17) is 5.73 Å². The van der Waals surface area contributed by atoms with Crippen molar-refractivity contribution in [1.82, 2.24) is 5.32 Å². The van der Waals surface area contributed by atoms with E-state index in [2.05, 4.69) is 21.2 Å². The van der Waals surface area contributed by atoms with Gasteiger partial charge in [0.25, 0.3) is 0 Å². The van der Waals surface area contributed by atoms with Crippen LogP contribution in [0.5, 0.6) is 0 Å². The Bertz CT molecular complexity index is 449. The molecule has 5 heteroatoms. The topological polar surface area (TPSA) is 55.1 Å². The fraction of sp³-hybridized carbons (Fsp3) is 0.462. The van der Waals surface area contributed by atoms with Crippen LogP contribution >= 0.6 is 15.9 Å². The van der Waals surface area contributed by atoms with E-state index in [1.165, 1.54) is 18.9 Å². The predicted molar refractivity (Wildman–Crippen MR) is 71.3 cm³/mol. The number of amides is 1. The average Bonchev–Trinajstić information content (AvgIpc) is 3.13. The summed E-state index contributed by atoms with van der Waals surface area (Å²) < 4.78 is 14.2. The molecule has 0 aliphatic heterocycles. The molecule has 1 aromatic carbocycles. The normalized spacial score (nSPS) is 16.4. The first-order valence-corrected chi connectivity index (χ1v) is 6.83. The smallest absolute Gasteiger partial charge is 0.237 e. The van der Waals surface area contributed by atoms with E-state index in [0.29, 0.717) is 11.5 Å². The summed E-state index contributed by atoms with van der Waals surface area (Å²) in [6, 6.07) is 4.17. The predicted octanol–water partition coefficient (Wildman–Crippen LogP) is 2.33. The van der Waals surface area contributed by atoms with Crippen molar-refractivity contribution in [3.8, 4) is 0 Å². The molecule has 0 heterocycles. The number of nitrogens with two attached hydrogens (primary N) is 1. The number of hydrogen-bond donors (Lipinski definition) is 2. The highest BCUT2D eigenvalue weighted by molar-refractivity contribution is 9.10. The average molecular weight is 315 g/mol. The van der Waals surface area contributed by atoms with E-state index in [9.17, 15) is 9.18 Å². The molecular weight excluding hydrogens is 299 g/mol. The van der Waals surface area contributed by atoms with Crippen LogP contribution in [-0.2, 0) is 11.3 Å². The minimum Gasteiger partial charge on any atom is -0.351 e. The van der Waals surface area contributed by atoms with Crippen molar-refractivity contribution in [3.63, 3.8) is 0 Å². The molecule has 2 rings (SSSR count). The van der Waals surface area contributed by atoms with Gasteiger partial charge in [-0.2, -0.15) is 0 Å². The van der Waals surface area contributed by atoms with E-state index in [1.54, 1.807) is 12.1 Å². The molecule has 3 N–H and O–H groups in total. The lowest BCUT2D eigenvalue weighted by molar-refractivity contribution is -0.122. The zero-order valence-corrected chi connectivity index (χ0v) is 11.5. The number of rotatable bonds is 5. The Kier molecular flexibility index (Phi) is 4.35. The molecule has 3 nitrogen and oxygen atoms in total. The highest BCUT2D eigenvalue weighted by atomic mass is 79.9. The highest BCUT2D eigenvalue weighted by Crippen LogP contribution is 2.33. The van der Waals surface area contributed by atoms with Crippen LogP contribution in [0.1, 0.15) is 24.8 Å². The molecular formula is C13H16BrFN2O. The van der Waals surface area contributed by atoms with Gasteiger partial charge in [0.15, 0.2) is 0 Å². The van der Waals surface area contributed by atoms with E-state index in [1.807, 2.05) is 0 Å². The second-order valence-electron chi connectivity index (χ2n) is 4.74. The van der Waals surface area contributed by atoms with Gasteiger partial charge in [-0.15, -0.1) is 0 Å². The molecule has 1 saturated carbocycles. The van der Waals surface area contributed by atoms with Gasteiger partial charge in [-0.05, 0) is 30.5 Å². The molecule has 1 atom stereocenters. The zero-order chi connectivity index (χ0) is 13.1. The lowest BCUT2D eigenvalue weighted by Crippen LogP contribution is -2.40. The molecule has 0 radical (unpaired) electrons. The van der Waals surface area contributed by atoms with Crippen molar-refractivity contribution < 1.29 is 9.18 Å². The Balaban J connectivity index is 1.85. The van der Waals surface area contributed by atoms with Gasteiger partial charge in [-0.1, -0.05) is 28.8 Å². The molecule has 98 valence electrons. The molecule has 1 fully saturated rings. The lowest BCUT2D eigenvalue weighted by atomic mass is 10.1. The monoisotopic (exact) mass is 314 g/mol. The minimum absolute atomic E-state index is 0.169. The van der Waals surface area contributed by atoms with Crippen LogP contribution in [-0.4, -0.2) is 11.9 Å². The van der Waals surface area contributed by atoms with Gasteiger partial charge >= 0.3 is 0 Å². The summed E-state index contributed by atoms with van der Waals surface area (Å²) in [4.78, 5) is 11.7. The highest BCUT2D eigenvalue weighted by Gasteiger charge is 2.26. The SMILES string of the molecule is N[C@@H](CC1CC1)C(=O)NCc1cc(Br)ccc1F. The molecule has 1 aromatic rings. The third kappa shape index (κ3) is 3.78. The van der Waals surface area contributed by atoms with Crippen LogP contribution in [0, 0.1) is 11.7 Å². The third-order valence-corrected chi connectivity index (χ3v) is 3.58. The van der Waals surface area contributed by atoms with E-state index in [-0.39, 0.29) is 18.3 Å². The fourth-order valence-electron chi connectivity index (χ4n) is 1.81. The molecule has 0 unspecified atom stereocenters. The maximum absolute atomic E-state index is 13.4. The van der Waals surface area contributed by atoms with Crippen LogP contribution in [0.25, 0.3) is 0 Å². The largest absolute Gasteiger partial charge is 0.351 e. The second kappa shape index (κ2) is 5.80. The van der Waals surface area contributed by atoms with Gasteiger partial charge in [0.1, 0.15) is 5.82 Å². The summed E-state index contributed by atoms with van der Waals surface area (Å²) in [6.07, 6.45) is 3.06. The van der Waals surface area contributed by atoms with Crippen LogP contribution < -0.4 is 11.1 Å². The first-order valence-electron chi connectivity index (χ1n) is 6.03. The Hall–Kier alpha value is -0.940. The maximum atomic E-state index is 13.4. The first-order chi connectivity index (χ1) is 8.56. The zero-order valence-electron chi connectivity index (χ0n) is 9.96. The molecule has 1 aliphatic rings. The van der Waals surface area contributed by atoms with Crippen LogP contribution in [0.4, 0.5) is 4.39 Å². The molecule has 18 heavy (non-hydrogen) atoms. The number of halogens is 2.